The molecule has 1 aromatic rings. The number of halogens is 1. The molecule has 1 rings (SSSR count). The molecular formula is C12H17FN2O2S. The van der Waals surface area contributed by atoms with Gasteiger partial charge in [0, 0.05) is 12.1 Å². The number of benzene rings is 1. The Morgan fingerprint density at radius 2 is 2.28 bits per heavy atom. The molecule has 0 aliphatic carbocycles. The van der Waals surface area contributed by atoms with E-state index in [0.717, 1.165) is 24.0 Å². The molecule has 0 aliphatic rings. The van der Waals surface area contributed by atoms with Crippen LogP contribution in [0.15, 0.2) is 18.2 Å². The molecule has 0 heterocycles. The maximum absolute atomic E-state index is 13.6. The van der Waals surface area contributed by atoms with E-state index in [2.05, 4.69) is 12.2 Å². The summed E-state index contributed by atoms with van der Waals surface area (Å²) in [5, 5.41) is 13.5. The average molecular weight is 272 g/mol. The Labute approximate surface area is 110 Å². The molecule has 0 fully saturated rings. The number of hydrogen-bond donors (Lipinski definition) is 1. The summed E-state index contributed by atoms with van der Waals surface area (Å²) in [7, 11) is 0. The molecule has 1 aromatic carbocycles. The standard InChI is InChI=1S/C12H17FN2O2S/c1-3-18-7-6-9(2)14-12-5-4-10(15(16)17)8-11(12)13/h4-5,8-9,14H,3,6-7H2,1-2H3. The molecule has 1 unspecified atom stereocenters. The van der Waals surface area contributed by atoms with Crippen LogP contribution in [0.2, 0.25) is 0 Å². The molecule has 6 heteroatoms. The second-order valence-electron chi connectivity index (χ2n) is 3.95. The Kier molecular flexibility index (Phi) is 5.91. The summed E-state index contributed by atoms with van der Waals surface area (Å²) in [4.78, 5) is 9.87. The fourth-order valence-corrected chi connectivity index (χ4v) is 2.29. The Morgan fingerprint density at radius 3 is 2.83 bits per heavy atom. The van der Waals surface area contributed by atoms with Gasteiger partial charge in [-0.15, -0.1) is 0 Å². The van der Waals surface area contributed by atoms with Gasteiger partial charge in [-0.3, -0.25) is 10.1 Å². The van der Waals surface area contributed by atoms with E-state index in [-0.39, 0.29) is 11.7 Å². The zero-order valence-electron chi connectivity index (χ0n) is 10.5. The van der Waals surface area contributed by atoms with Crippen LogP contribution in [-0.4, -0.2) is 22.5 Å². The molecule has 0 saturated heterocycles. The van der Waals surface area contributed by atoms with Gasteiger partial charge in [0.25, 0.3) is 5.69 Å². The van der Waals surface area contributed by atoms with Crippen LogP contribution in [0.5, 0.6) is 0 Å². The van der Waals surface area contributed by atoms with E-state index in [0.29, 0.717) is 5.69 Å². The first-order valence-corrected chi connectivity index (χ1v) is 6.98. The highest BCUT2D eigenvalue weighted by Gasteiger charge is 2.12. The van der Waals surface area contributed by atoms with E-state index in [9.17, 15) is 14.5 Å². The molecule has 18 heavy (non-hydrogen) atoms. The largest absolute Gasteiger partial charge is 0.380 e. The van der Waals surface area contributed by atoms with Crippen molar-refractivity contribution < 1.29 is 9.31 Å². The number of nitro groups is 1. The minimum Gasteiger partial charge on any atom is -0.380 e. The summed E-state index contributed by atoms with van der Waals surface area (Å²) in [5.74, 6) is 1.50. The first kappa shape index (κ1) is 14.8. The summed E-state index contributed by atoms with van der Waals surface area (Å²) in [6, 6.07) is 3.80. The van der Waals surface area contributed by atoms with Crippen LogP contribution in [0, 0.1) is 15.9 Å². The van der Waals surface area contributed by atoms with Crippen molar-refractivity contribution in [2.24, 2.45) is 0 Å². The van der Waals surface area contributed by atoms with E-state index in [1.165, 1.54) is 12.1 Å². The lowest BCUT2D eigenvalue weighted by molar-refractivity contribution is -0.385. The summed E-state index contributed by atoms with van der Waals surface area (Å²) in [6.07, 6.45) is 0.926. The van der Waals surface area contributed by atoms with E-state index in [1.54, 1.807) is 0 Å². The molecule has 0 aromatic heterocycles. The van der Waals surface area contributed by atoms with Crippen LogP contribution >= 0.6 is 11.8 Å². The molecule has 0 saturated carbocycles. The van der Waals surface area contributed by atoms with Crippen molar-refractivity contribution in [2.75, 3.05) is 16.8 Å². The van der Waals surface area contributed by atoms with Gasteiger partial charge in [0.2, 0.25) is 0 Å². The lowest BCUT2D eigenvalue weighted by Crippen LogP contribution is -2.16. The molecule has 0 aliphatic heterocycles. The van der Waals surface area contributed by atoms with Crippen LogP contribution in [0.1, 0.15) is 20.3 Å². The van der Waals surface area contributed by atoms with Gasteiger partial charge in [0.15, 0.2) is 5.82 Å². The fraction of sp³-hybridized carbons (Fsp3) is 0.500. The SMILES string of the molecule is CCSCCC(C)Nc1ccc([N+](=O)[O-])cc1F. The van der Waals surface area contributed by atoms with Gasteiger partial charge in [-0.25, -0.2) is 4.39 Å². The van der Waals surface area contributed by atoms with Gasteiger partial charge in [0.1, 0.15) is 0 Å². The Balaban J connectivity index is 2.59. The van der Waals surface area contributed by atoms with Crippen molar-refractivity contribution in [3.8, 4) is 0 Å². The van der Waals surface area contributed by atoms with Gasteiger partial charge in [-0.2, -0.15) is 11.8 Å². The number of nitrogens with one attached hydrogen (secondary N) is 1. The molecule has 1 N–H and O–H groups in total. The Morgan fingerprint density at radius 1 is 1.56 bits per heavy atom. The smallest absolute Gasteiger partial charge is 0.272 e. The second kappa shape index (κ2) is 7.20. The second-order valence-corrected chi connectivity index (χ2v) is 5.35. The summed E-state index contributed by atoms with van der Waals surface area (Å²) in [5.41, 5.74) is 0.0850. The topological polar surface area (TPSA) is 55.2 Å². The van der Waals surface area contributed by atoms with Gasteiger partial charge in [-0.1, -0.05) is 6.92 Å². The van der Waals surface area contributed by atoms with Crippen LogP contribution in [-0.2, 0) is 0 Å². The maximum Gasteiger partial charge on any atom is 0.272 e. The van der Waals surface area contributed by atoms with Crippen LogP contribution in [0.25, 0.3) is 0 Å². The van der Waals surface area contributed by atoms with E-state index >= 15 is 0 Å². The molecule has 0 bridgehead atoms. The quantitative estimate of drug-likeness (QED) is 0.467. The molecule has 1 atom stereocenters. The minimum absolute atomic E-state index is 0.139. The molecule has 4 nitrogen and oxygen atoms in total. The molecule has 0 amide bonds. The van der Waals surface area contributed by atoms with Crippen LogP contribution in [0.3, 0.4) is 0 Å². The summed E-state index contributed by atoms with van der Waals surface area (Å²) < 4.78 is 13.6. The summed E-state index contributed by atoms with van der Waals surface area (Å²) in [6.45, 7) is 4.07. The van der Waals surface area contributed by atoms with Gasteiger partial charge < -0.3 is 5.32 Å². The lowest BCUT2D eigenvalue weighted by atomic mass is 10.2. The monoisotopic (exact) mass is 272 g/mol. The highest BCUT2D eigenvalue weighted by atomic mass is 32.2. The molecule has 0 radical (unpaired) electrons. The normalized spacial score (nSPS) is 12.2. The number of hydrogen-bond acceptors (Lipinski definition) is 4. The van der Waals surface area contributed by atoms with E-state index in [4.69, 9.17) is 0 Å². The zero-order chi connectivity index (χ0) is 13.5. The number of rotatable bonds is 7. The lowest BCUT2D eigenvalue weighted by Gasteiger charge is -2.15. The number of thioether (sulfide) groups is 1. The third-order valence-electron chi connectivity index (χ3n) is 2.46. The van der Waals surface area contributed by atoms with E-state index in [1.807, 2.05) is 18.7 Å². The average Bonchev–Trinajstić information content (AvgIpc) is 2.32. The number of non-ortho nitro benzene ring substituents is 1. The molecule has 100 valence electrons. The van der Waals surface area contributed by atoms with Crippen molar-refractivity contribution in [1.82, 2.24) is 0 Å². The van der Waals surface area contributed by atoms with Gasteiger partial charge in [0.05, 0.1) is 16.7 Å². The third-order valence-corrected chi connectivity index (χ3v) is 3.40. The first-order chi connectivity index (χ1) is 8.54. The predicted molar refractivity (Wildman–Crippen MR) is 73.8 cm³/mol. The number of anilines is 1. The maximum atomic E-state index is 13.6. The van der Waals surface area contributed by atoms with E-state index < -0.39 is 10.7 Å². The van der Waals surface area contributed by atoms with Crippen molar-refractivity contribution >= 4 is 23.1 Å². The number of nitro benzene ring substituents is 1. The fourth-order valence-electron chi connectivity index (χ4n) is 1.48. The zero-order valence-corrected chi connectivity index (χ0v) is 11.3. The van der Waals surface area contributed by atoms with Crippen molar-refractivity contribution in [3.05, 3.63) is 34.1 Å². The van der Waals surface area contributed by atoms with Crippen molar-refractivity contribution in [3.63, 3.8) is 0 Å². The van der Waals surface area contributed by atoms with Crippen LogP contribution < -0.4 is 5.32 Å². The predicted octanol–water partition coefficient (Wildman–Crippen LogP) is 3.68. The number of nitrogens with zero attached hydrogens (tertiary/aromatic N) is 1. The Bertz CT molecular complexity index is 415. The highest BCUT2D eigenvalue weighted by molar-refractivity contribution is 7.99. The Hall–Kier alpha value is -1.30. The highest BCUT2D eigenvalue weighted by Crippen LogP contribution is 2.21. The summed E-state index contributed by atoms with van der Waals surface area (Å²) >= 11 is 1.83. The van der Waals surface area contributed by atoms with Crippen LogP contribution in [0.4, 0.5) is 15.8 Å². The molecular weight excluding hydrogens is 255 g/mol. The molecule has 0 spiro atoms. The first-order valence-electron chi connectivity index (χ1n) is 5.82. The minimum atomic E-state index is -0.603. The van der Waals surface area contributed by atoms with Gasteiger partial charge in [-0.05, 0) is 30.9 Å². The van der Waals surface area contributed by atoms with Gasteiger partial charge >= 0.3 is 0 Å². The van der Waals surface area contributed by atoms with Crippen molar-refractivity contribution in [1.29, 1.82) is 0 Å². The third kappa shape index (κ3) is 4.52. The van der Waals surface area contributed by atoms with Crippen molar-refractivity contribution in [2.45, 2.75) is 26.3 Å².